The fourth-order valence-corrected chi connectivity index (χ4v) is 4.04. The van der Waals surface area contributed by atoms with E-state index in [1.165, 1.54) is 18.4 Å². The quantitative estimate of drug-likeness (QED) is 0.542. The average molecular weight is 432 g/mol. The first-order valence-electron chi connectivity index (χ1n) is 8.38. The molecule has 0 saturated carbocycles. The van der Waals surface area contributed by atoms with E-state index >= 15 is 0 Å². The minimum atomic E-state index is -0.935. The lowest BCUT2D eigenvalue weighted by Gasteiger charge is -2.04. The number of carbonyl (C=O) groups excluding carboxylic acids is 1. The topological polar surface area (TPSA) is 148 Å². The summed E-state index contributed by atoms with van der Waals surface area (Å²) >= 11 is 2.28. The number of rotatable bonds is 7. The summed E-state index contributed by atoms with van der Waals surface area (Å²) in [6.45, 7) is 3.41. The Kier molecular flexibility index (Phi) is 6.09. The number of carbonyl (C=O) groups is 1. The zero-order valence-electron chi connectivity index (χ0n) is 15.8. The summed E-state index contributed by atoms with van der Waals surface area (Å²) in [5.41, 5.74) is 0.586. The van der Waals surface area contributed by atoms with E-state index in [0.29, 0.717) is 16.3 Å². The summed E-state index contributed by atoms with van der Waals surface area (Å²) in [4.78, 5) is 43.0. The summed E-state index contributed by atoms with van der Waals surface area (Å²) in [7, 11) is 1.38. The van der Waals surface area contributed by atoms with Gasteiger partial charge in [0.05, 0.1) is 18.2 Å². The van der Waals surface area contributed by atoms with E-state index in [4.69, 9.17) is 4.42 Å². The first-order chi connectivity index (χ1) is 13.8. The number of nitrogens with zero attached hydrogens (tertiary/aromatic N) is 5. The number of ketones is 1. The predicted molar refractivity (Wildman–Crippen MR) is 105 cm³/mol. The van der Waals surface area contributed by atoms with Gasteiger partial charge in [0.2, 0.25) is 5.89 Å². The maximum absolute atomic E-state index is 12.4. The molecule has 1 atom stereocenters. The molecule has 0 radical (unpaired) electrons. The number of hydrogen-bond donors (Lipinski definition) is 1. The van der Waals surface area contributed by atoms with Gasteiger partial charge in [-0.3, -0.25) is 14.2 Å². The molecule has 1 N–H and O–H groups in total. The number of nitriles is 1. The van der Waals surface area contributed by atoms with Crippen LogP contribution >= 0.6 is 23.1 Å². The number of nitrogens with one attached hydrogen (secondary N) is 1. The maximum atomic E-state index is 12.4. The van der Waals surface area contributed by atoms with Gasteiger partial charge in [0.25, 0.3) is 10.8 Å². The normalized spacial score (nSPS) is 11.9. The molecular formula is C17H16N6O4S2. The lowest BCUT2D eigenvalue weighted by atomic mass is 10.1. The third-order valence-electron chi connectivity index (χ3n) is 4.06. The van der Waals surface area contributed by atoms with Crippen LogP contribution in [0.1, 0.15) is 33.8 Å². The highest BCUT2D eigenvalue weighted by molar-refractivity contribution is 7.99. The number of hydrogen-bond acceptors (Lipinski definition) is 10. The van der Waals surface area contributed by atoms with Crippen LogP contribution in [0.5, 0.6) is 0 Å². The second-order valence-corrected chi connectivity index (χ2v) is 8.00. The van der Waals surface area contributed by atoms with Crippen molar-refractivity contribution in [2.75, 3.05) is 5.75 Å². The van der Waals surface area contributed by atoms with Gasteiger partial charge in [-0.05, 0) is 13.8 Å². The second kappa shape index (κ2) is 8.54. The molecule has 12 heteroatoms. The van der Waals surface area contributed by atoms with E-state index in [9.17, 15) is 19.6 Å². The van der Waals surface area contributed by atoms with Crippen LogP contribution < -0.4 is 11.2 Å². The van der Waals surface area contributed by atoms with Crippen molar-refractivity contribution in [2.45, 2.75) is 31.4 Å². The minimum absolute atomic E-state index is 0.0298. The Balaban J connectivity index is 1.68. The van der Waals surface area contributed by atoms with Crippen molar-refractivity contribution in [1.29, 1.82) is 5.26 Å². The van der Waals surface area contributed by atoms with Crippen molar-refractivity contribution in [3.63, 3.8) is 0 Å². The summed E-state index contributed by atoms with van der Waals surface area (Å²) in [5, 5.41) is 19.4. The van der Waals surface area contributed by atoms with Gasteiger partial charge in [0.15, 0.2) is 11.7 Å². The van der Waals surface area contributed by atoms with Gasteiger partial charge in [0.1, 0.15) is 5.01 Å². The molecule has 3 heterocycles. The number of thiazole rings is 1. The van der Waals surface area contributed by atoms with Gasteiger partial charge < -0.3 is 9.40 Å². The van der Waals surface area contributed by atoms with Crippen molar-refractivity contribution < 1.29 is 9.21 Å². The molecule has 0 bridgehead atoms. The van der Waals surface area contributed by atoms with Crippen LogP contribution in [0.2, 0.25) is 0 Å². The number of aromatic amines is 1. The molecule has 3 aromatic heterocycles. The maximum Gasteiger partial charge on any atom is 0.328 e. The Hall–Kier alpha value is -3.04. The number of aryl methyl sites for hydroxylation is 2. The van der Waals surface area contributed by atoms with Crippen molar-refractivity contribution in [1.82, 2.24) is 24.7 Å². The smallest absolute Gasteiger partial charge is 0.328 e. The fraction of sp³-hybridized carbons (Fsp3) is 0.353. The Bertz CT molecular complexity index is 1220. The SMILES string of the molecule is Cc1csc(C(C#N)C(=O)CSc2nnc(Cc3c(C)[nH]c(=O)n(C)c3=O)o2)n1. The van der Waals surface area contributed by atoms with E-state index in [2.05, 4.69) is 20.2 Å². The number of H-pyrrole nitrogens is 1. The zero-order chi connectivity index (χ0) is 21.1. The lowest BCUT2D eigenvalue weighted by molar-refractivity contribution is -0.116. The summed E-state index contributed by atoms with van der Waals surface area (Å²) in [6.07, 6.45) is 0.0516. The third-order valence-corrected chi connectivity index (χ3v) is 5.93. The van der Waals surface area contributed by atoms with Gasteiger partial charge in [-0.1, -0.05) is 11.8 Å². The molecule has 0 fully saturated rings. The number of Topliss-reactive ketones (excluding diaryl/α,β-unsaturated/α-hetero) is 1. The van der Waals surface area contributed by atoms with Crippen molar-refractivity contribution in [2.24, 2.45) is 7.05 Å². The molecule has 10 nitrogen and oxygen atoms in total. The van der Waals surface area contributed by atoms with Crippen molar-refractivity contribution in [3.8, 4) is 6.07 Å². The van der Waals surface area contributed by atoms with Gasteiger partial charge in [-0.15, -0.1) is 21.5 Å². The Morgan fingerprint density at radius 2 is 2.17 bits per heavy atom. The van der Waals surface area contributed by atoms with E-state index in [-0.39, 0.29) is 29.1 Å². The average Bonchev–Trinajstić information content (AvgIpc) is 3.31. The molecule has 0 aliphatic carbocycles. The number of aromatic nitrogens is 5. The van der Waals surface area contributed by atoms with Gasteiger partial charge in [-0.25, -0.2) is 9.78 Å². The van der Waals surface area contributed by atoms with Crippen LogP contribution in [0.4, 0.5) is 0 Å². The van der Waals surface area contributed by atoms with E-state index in [0.717, 1.165) is 22.0 Å². The molecule has 3 rings (SSSR count). The molecule has 0 amide bonds. The van der Waals surface area contributed by atoms with E-state index in [1.54, 1.807) is 19.2 Å². The lowest BCUT2D eigenvalue weighted by Crippen LogP contribution is -2.36. The highest BCUT2D eigenvalue weighted by Gasteiger charge is 2.24. The van der Waals surface area contributed by atoms with E-state index < -0.39 is 17.2 Å². The zero-order valence-corrected chi connectivity index (χ0v) is 17.4. The molecule has 0 spiro atoms. The fourth-order valence-electron chi connectivity index (χ4n) is 2.49. The predicted octanol–water partition coefficient (Wildman–Crippen LogP) is 1.09. The van der Waals surface area contributed by atoms with Gasteiger partial charge in [-0.2, -0.15) is 5.26 Å². The van der Waals surface area contributed by atoms with Crippen molar-refractivity contribution >= 4 is 28.9 Å². The Labute approximate surface area is 172 Å². The monoisotopic (exact) mass is 432 g/mol. The Morgan fingerprint density at radius 3 is 2.83 bits per heavy atom. The molecule has 0 aromatic carbocycles. The molecule has 0 aliphatic heterocycles. The summed E-state index contributed by atoms with van der Waals surface area (Å²) < 4.78 is 6.46. The minimum Gasteiger partial charge on any atom is -0.416 e. The van der Waals surface area contributed by atoms with Crippen LogP contribution in [0, 0.1) is 25.2 Å². The summed E-state index contributed by atoms with van der Waals surface area (Å²) in [6, 6.07) is 1.98. The van der Waals surface area contributed by atoms with Gasteiger partial charge in [0, 0.05) is 29.4 Å². The summed E-state index contributed by atoms with van der Waals surface area (Å²) in [5.74, 6) is -1.09. The van der Waals surface area contributed by atoms with Crippen LogP contribution in [-0.2, 0) is 18.3 Å². The van der Waals surface area contributed by atoms with Crippen LogP contribution in [-0.4, -0.2) is 36.3 Å². The number of thioether (sulfide) groups is 1. The van der Waals surface area contributed by atoms with E-state index in [1.807, 2.05) is 6.07 Å². The van der Waals surface area contributed by atoms with Gasteiger partial charge >= 0.3 is 5.69 Å². The first-order valence-corrected chi connectivity index (χ1v) is 10.2. The van der Waals surface area contributed by atoms with Crippen molar-refractivity contribution in [3.05, 3.63) is 54.1 Å². The second-order valence-electron chi connectivity index (χ2n) is 6.18. The molecule has 3 aromatic rings. The first kappa shape index (κ1) is 20.7. The Morgan fingerprint density at radius 1 is 1.41 bits per heavy atom. The van der Waals surface area contributed by atoms with Crippen LogP contribution in [0.15, 0.2) is 24.6 Å². The molecule has 0 saturated heterocycles. The highest BCUT2D eigenvalue weighted by atomic mass is 32.2. The molecule has 0 aliphatic rings. The largest absolute Gasteiger partial charge is 0.416 e. The standard InChI is InChI=1S/C17H16N6O4S2/c1-8-6-28-14(19-8)11(5-18)12(24)7-29-17-22-21-13(27-17)4-10-9(2)20-16(26)23(3)15(10)25/h6,11H,4,7H2,1-3H3,(H,20,26). The molecule has 29 heavy (non-hydrogen) atoms. The molecular weight excluding hydrogens is 416 g/mol. The molecule has 150 valence electrons. The van der Waals surface area contributed by atoms with Crippen LogP contribution in [0.25, 0.3) is 0 Å². The third kappa shape index (κ3) is 4.52. The van der Waals surface area contributed by atoms with Crippen LogP contribution in [0.3, 0.4) is 0 Å². The molecule has 1 unspecified atom stereocenters. The highest BCUT2D eigenvalue weighted by Crippen LogP contribution is 2.24.